The van der Waals surface area contributed by atoms with Crippen LogP contribution in [0.1, 0.15) is 18.1 Å². The minimum absolute atomic E-state index is 0.199. The van der Waals surface area contributed by atoms with E-state index in [0.29, 0.717) is 11.1 Å². The van der Waals surface area contributed by atoms with Crippen molar-refractivity contribution in [1.82, 2.24) is 9.78 Å². The van der Waals surface area contributed by atoms with Crippen LogP contribution in [0.2, 0.25) is 0 Å². The van der Waals surface area contributed by atoms with E-state index in [-0.39, 0.29) is 18.7 Å². The average molecular weight is 336 g/mol. The molecule has 1 aromatic heterocycles. The fourth-order valence-electron chi connectivity index (χ4n) is 2.77. The van der Waals surface area contributed by atoms with Gasteiger partial charge in [0.25, 0.3) is 5.56 Å². The molecule has 0 amide bonds. The monoisotopic (exact) mass is 336 g/mol. The highest BCUT2D eigenvalue weighted by atomic mass is 16.5. The van der Waals surface area contributed by atoms with Gasteiger partial charge < -0.3 is 4.74 Å². The fraction of sp³-hybridized carbons (Fsp3) is 0.250. The second-order valence-electron chi connectivity index (χ2n) is 5.96. The van der Waals surface area contributed by atoms with Gasteiger partial charge in [-0.25, -0.2) is 4.68 Å². The van der Waals surface area contributed by atoms with Gasteiger partial charge in [-0.15, -0.1) is 0 Å². The van der Waals surface area contributed by atoms with Gasteiger partial charge in [-0.1, -0.05) is 30.3 Å². The van der Waals surface area contributed by atoms with Crippen molar-refractivity contribution in [3.63, 3.8) is 0 Å². The highest BCUT2D eigenvalue weighted by molar-refractivity contribution is 5.94. The number of hydrogen-bond acceptors (Lipinski definition) is 4. The highest BCUT2D eigenvalue weighted by Gasteiger charge is 2.14. The van der Waals surface area contributed by atoms with Crippen molar-refractivity contribution in [1.29, 1.82) is 0 Å². The lowest BCUT2D eigenvalue weighted by Gasteiger charge is -2.12. The summed E-state index contributed by atoms with van der Waals surface area (Å²) in [5, 5.41) is 5.78. The lowest BCUT2D eigenvalue weighted by Crippen LogP contribution is -2.28. The quantitative estimate of drug-likeness (QED) is 0.686. The van der Waals surface area contributed by atoms with Gasteiger partial charge in [-0.2, -0.15) is 5.10 Å². The summed E-state index contributed by atoms with van der Waals surface area (Å²) in [7, 11) is 0. The van der Waals surface area contributed by atoms with Gasteiger partial charge in [0.05, 0.1) is 17.7 Å². The van der Waals surface area contributed by atoms with Crippen LogP contribution in [0.4, 0.5) is 0 Å². The zero-order valence-electron chi connectivity index (χ0n) is 14.6. The van der Waals surface area contributed by atoms with Crippen molar-refractivity contribution in [3.8, 4) is 11.3 Å². The van der Waals surface area contributed by atoms with Gasteiger partial charge in [-0.05, 0) is 44.0 Å². The van der Waals surface area contributed by atoms with Crippen molar-refractivity contribution in [2.75, 3.05) is 6.61 Å². The summed E-state index contributed by atoms with van der Waals surface area (Å²) < 4.78 is 6.14. The van der Waals surface area contributed by atoms with Gasteiger partial charge in [0, 0.05) is 10.9 Å². The van der Waals surface area contributed by atoms with E-state index >= 15 is 0 Å². The standard InChI is InChI=1S/C20H20N2O3/c1-4-25-18(23)12-22-20(24)17-8-6-5-7-16(17)19(21-22)15-10-9-13(2)14(3)11-15/h5-11H,4,12H2,1-3H3. The van der Waals surface area contributed by atoms with Crippen LogP contribution in [-0.4, -0.2) is 22.4 Å². The van der Waals surface area contributed by atoms with Crippen LogP contribution >= 0.6 is 0 Å². The molecule has 1 heterocycles. The predicted molar refractivity (Wildman–Crippen MR) is 97.5 cm³/mol. The Morgan fingerprint density at radius 2 is 1.80 bits per heavy atom. The zero-order chi connectivity index (χ0) is 18.0. The zero-order valence-corrected chi connectivity index (χ0v) is 14.6. The summed E-state index contributed by atoms with van der Waals surface area (Å²) >= 11 is 0. The lowest BCUT2D eigenvalue weighted by atomic mass is 10.0. The van der Waals surface area contributed by atoms with Gasteiger partial charge in [0.2, 0.25) is 0 Å². The summed E-state index contributed by atoms with van der Waals surface area (Å²) in [5.41, 5.74) is 3.63. The molecular weight excluding hydrogens is 316 g/mol. The van der Waals surface area contributed by atoms with E-state index in [0.717, 1.165) is 16.5 Å². The first-order valence-electron chi connectivity index (χ1n) is 8.24. The largest absolute Gasteiger partial charge is 0.465 e. The molecule has 0 fully saturated rings. The number of fused-ring (bicyclic) bond motifs is 1. The molecule has 128 valence electrons. The van der Waals surface area contributed by atoms with Gasteiger partial charge in [-0.3, -0.25) is 9.59 Å². The molecular formula is C20H20N2O3. The SMILES string of the molecule is CCOC(=O)Cn1nc(-c2ccc(C)c(C)c2)c2ccccc2c1=O. The second kappa shape index (κ2) is 6.89. The molecule has 0 atom stereocenters. The summed E-state index contributed by atoms with van der Waals surface area (Å²) in [4.78, 5) is 24.5. The van der Waals surface area contributed by atoms with Crippen molar-refractivity contribution in [2.45, 2.75) is 27.3 Å². The smallest absolute Gasteiger partial charge is 0.327 e. The Morgan fingerprint density at radius 1 is 1.08 bits per heavy atom. The number of aromatic nitrogens is 2. The number of hydrogen-bond donors (Lipinski definition) is 0. The number of carbonyl (C=O) groups excluding carboxylic acids is 1. The van der Waals surface area contributed by atoms with E-state index in [9.17, 15) is 9.59 Å². The van der Waals surface area contributed by atoms with Crippen molar-refractivity contribution >= 4 is 16.7 Å². The Hall–Kier alpha value is -2.95. The van der Waals surface area contributed by atoms with Crippen LogP contribution < -0.4 is 5.56 Å². The van der Waals surface area contributed by atoms with Gasteiger partial charge in [0.1, 0.15) is 6.54 Å². The number of esters is 1. The van der Waals surface area contributed by atoms with Crippen molar-refractivity contribution in [2.24, 2.45) is 0 Å². The maximum absolute atomic E-state index is 12.7. The highest BCUT2D eigenvalue weighted by Crippen LogP contribution is 2.26. The molecule has 0 aliphatic heterocycles. The van der Waals surface area contributed by atoms with Gasteiger partial charge >= 0.3 is 5.97 Å². The Bertz CT molecular complexity index is 1010. The molecule has 2 aromatic carbocycles. The molecule has 25 heavy (non-hydrogen) atoms. The average Bonchev–Trinajstić information content (AvgIpc) is 2.60. The first-order valence-corrected chi connectivity index (χ1v) is 8.24. The molecule has 0 aliphatic carbocycles. The maximum atomic E-state index is 12.7. The fourth-order valence-corrected chi connectivity index (χ4v) is 2.77. The third kappa shape index (κ3) is 3.31. The number of benzene rings is 2. The summed E-state index contributed by atoms with van der Waals surface area (Å²) in [6, 6.07) is 13.4. The molecule has 0 unspecified atom stereocenters. The second-order valence-corrected chi connectivity index (χ2v) is 5.96. The van der Waals surface area contributed by atoms with Crippen LogP contribution in [0.5, 0.6) is 0 Å². The van der Waals surface area contributed by atoms with Crippen LogP contribution in [0.25, 0.3) is 22.0 Å². The first kappa shape index (κ1) is 16.9. The maximum Gasteiger partial charge on any atom is 0.327 e. The molecule has 3 aromatic rings. The molecule has 0 aliphatic rings. The van der Waals surface area contributed by atoms with Gasteiger partial charge in [0.15, 0.2) is 0 Å². The van der Waals surface area contributed by atoms with Crippen LogP contribution in [0, 0.1) is 13.8 Å². The summed E-state index contributed by atoms with van der Waals surface area (Å²) in [5.74, 6) is -0.474. The number of carbonyl (C=O) groups is 1. The molecule has 0 saturated carbocycles. The number of aryl methyl sites for hydroxylation is 2. The third-order valence-electron chi connectivity index (χ3n) is 4.23. The molecule has 0 N–H and O–H groups in total. The van der Waals surface area contributed by atoms with E-state index in [1.165, 1.54) is 10.2 Å². The molecule has 5 heteroatoms. The Balaban J connectivity index is 2.23. The number of nitrogens with zero attached hydrogens (tertiary/aromatic N) is 2. The summed E-state index contributed by atoms with van der Waals surface area (Å²) in [6.07, 6.45) is 0. The molecule has 0 radical (unpaired) electrons. The van der Waals surface area contributed by atoms with E-state index in [4.69, 9.17) is 4.74 Å². The summed E-state index contributed by atoms with van der Waals surface area (Å²) in [6.45, 7) is 5.89. The van der Waals surface area contributed by atoms with E-state index < -0.39 is 5.97 Å². The minimum atomic E-state index is -0.474. The predicted octanol–water partition coefficient (Wildman–Crippen LogP) is 3.24. The molecule has 3 rings (SSSR count). The minimum Gasteiger partial charge on any atom is -0.465 e. The molecule has 5 nitrogen and oxygen atoms in total. The Labute approximate surface area is 145 Å². The van der Waals surface area contributed by atoms with Crippen molar-refractivity contribution in [3.05, 3.63) is 63.9 Å². The van der Waals surface area contributed by atoms with E-state index in [2.05, 4.69) is 5.10 Å². The van der Waals surface area contributed by atoms with E-state index in [1.807, 2.05) is 50.2 Å². The molecule has 0 bridgehead atoms. The van der Waals surface area contributed by atoms with Crippen LogP contribution in [0.15, 0.2) is 47.3 Å². The topological polar surface area (TPSA) is 61.2 Å². The van der Waals surface area contributed by atoms with Crippen LogP contribution in [-0.2, 0) is 16.1 Å². The van der Waals surface area contributed by atoms with E-state index in [1.54, 1.807) is 13.0 Å². The van der Waals surface area contributed by atoms with Crippen LogP contribution in [0.3, 0.4) is 0 Å². The third-order valence-corrected chi connectivity index (χ3v) is 4.23. The Kier molecular flexibility index (Phi) is 4.65. The first-order chi connectivity index (χ1) is 12.0. The molecule has 0 saturated heterocycles. The molecule has 0 spiro atoms. The number of ether oxygens (including phenoxy) is 1. The Morgan fingerprint density at radius 3 is 2.48 bits per heavy atom. The lowest BCUT2D eigenvalue weighted by molar-refractivity contribution is -0.144. The van der Waals surface area contributed by atoms with Crippen molar-refractivity contribution < 1.29 is 9.53 Å². The number of rotatable bonds is 4. The normalized spacial score (nSPS) is 10.8.